The van der Waals surface area contributed by atoms with Gasteiger partial charge in [0, 0.05) is 39.0 Å². The maximum absolute atomic E-state index is 13.5. The fourth-order valence-electron chi connectivity index (χ4n) is 4.94. The zero-order valence-corrected chi connectivity index (χ0v) is 21.9. The van der Waals surface area contributed by atoms with Gasteiger partial charge in [0.2, 0.25) is 0 Å². The average Bonchev–Trinajstić information content (AvgIpc) is 2.94. The first-order chi connectivity index (χ1) is 18.7. The lowest BCUT2D eigenvalue weighted by molar-refractivity contribution is -0.131. The molecule has 6 nitrogen and oxygen atoms in total. The summed E-state index contributed by atoms with van der Waals surface area (Å²) in [5, 5.41) is 1.03. The van der Waals surface area contributed by atoms with Gasteiger partial charge in [-0.15, -0.1) is 0 Å². The highest BCUT2D eigenvalue weighted by molar-refractivity contribution is 6.13. The second-order valence-electron chi connectivity index (χ2n) is 9.43. The van der Waals surface area contributed by atoms with E-state index in [1.54, 1.807) is 62.4 Å². The van der Waals surface area contributed by atoms with Gasteiger partial charge in [-0.2, -0.15) is 0 Å². The van der Waals surface area contributed by atoms with Crippen LogP contribution in [0.4, 0.5) is 0 Å². The van der Waals surface area contributed by atoms with Gasteiger partial charge in [0.05, 0.1) is 12.7 Å². The number of esters is 2. The Kier molecular flexibility index (Phi) is 6.62. The Hall–Kier alpha value is -4.97. The molecule has 0 fully saturated rings. The van der Waals surface area contributed by atoms with Crippen LogP contribution in [0.3, 0.4) is 0 Å². The quantitative estimate of drug-likeness (QED) is 0.144. The molecule has 39 heavy (non-hydrogen) atoms. The van der Waals surface area contributed by atoms with Gasteiger partial charge in [0.15, 0.2) is 17.3 Å². The highest BCUT2D eigenvalue weighted by atomic mass is 16.6. The molecule has 0 aliphatic heterocycles. The molecule has 1 aliphatic carbocycles. The fraction of sp³-hybridized carbons (Fsp3) is 0.121. The summed E-state index contributed by atoms with van der Waals surface area (Å²) in [4.78, 5) is 39.2. The number of carbonyl (C=O) groups is 3. The van der Waals surface area contributed by atoms with Gasteiger partial charge < -0.3 is 14.2 Å². The van der Waals surface area contributed by atoms with Crippen molar-refractivity contribution in [1.29, 1.82) is 0 Å². The van der Waals surface area contributed by atoms with Crippen molar-refractivity contribution in [3.05, 3.63) is 125 Å². The molecular formula is C33H26O6. The van der Waals surface area contributed by atoms with E-state index >= 15 is 0 Å². The lowest BCUT2D eigenvalue weighted by atomic mass is 9.73. The number of ketones is 1. The molecule has 0 amide bonds. The molecule has 0 atom stereocenters. The Morgan fingerprint density at radius 1 is 0.667 bits per heavy atom. The van der Waals surface area contributed by atoms with Crippen LogP contribution in [-0.4, -0.2) is 24.8 Å². The molecule has 0 radical (unpaired) electrons. The van der Waals surface area contributed by atoms with Crippen molar-refractivity contribution in [3.8, 4) is 17.2 Å². The zero-order valence-electron chi connectivity index (χ0n) is 21.9. The van der Waals surface area contributed by atoms with Crippen molar-refractivity contribution in [2.45, 2.75) is 19.8 Å². The zero-order chi connectivity index (χ0) is 27.8. The van der Waals surface area contributed by atoms with Gasteiger partial charge in [-0.25, -0.2) is 9.59 Å². The van der Waals surface area contributed by atoms with Crippen LogP contribution in [-0.2, 0) is 9.59 Å². The first-order valence-electron chi connectivity index (χ1n) is 12.3. The van der Waals surface area contributed by atoms with Gasteiger partial charge in [-0.1, -0.05) is 86.0 Å². The van der Waals surface area contributed by atoms with Crippen molar-refractivity contribution in [3.63, 3.8) is 0 Å². The van der Waals surface area contributed by atoms with Gasteiger partial charge in [-0.3, -0.25) is 4.79 Å². The number of carbonyl (C=O) groups excluding carboxylic acids is 3. The van der Waals surface area contributed by atoms with Crippen LogP contribution in [0.15, 0.2) is 97.1 Å². The number of methoxy groups -OCH3 is 1. The van der Waals surface area contributed by atoms with Gasteiger partial charge in [0.1, 0.15) is 5.75 Å². The highest BCUT2D eigenvalue weighted by Gasteiger charge is 2.38. The van der Waals surface area contributed by atoms with E-state index in [4.69, 9.17) is 14.2 Å². The highest BCUT2D eigenvalue weighted by Crippen LogP contribution is 2.54. The second kappa shape index (κ2) is 10.1. The maximum atomic E-state index is 13.5. The third-order valence-electron chi connectivity index (χ3n) is 6.72. The SMILES string of the molecule is C=C(C)C(=O)Oc1c(OC)c(C2c3ccccc3C(=O)c3ccccc32)c(OC(=O)C(=C)C)c2ccccc12. The van der Waals surface area contributed by atoms with E-state index in [-0.39, 0.29) is 34.2 Å². The predicted molar refractivity (Wildman–Crippen MR) is 149 cm³/mol. The molecule has 0 heterocycles. The third kappa shape index (κ3) is 4.30. The summed E-state index contributed by atoms with van der Waals surface area (Å²) >= 11 is 0. The summed E-state index contributed by atoms with van der Waals surface area (Å²) in [5.41, 5.74) is 3.32. The van der Waals surface area contributed by atoms with E-state index in [1.165, 1.54) is 7.11 Å². The van der Waals surface area contributed by atoms with Crippen molar-refractivity contribution < 1.29 is 28.6 Å². The number of ether oxygens (including phenoxy) is 3. The third-order valence-corrected chi connectivity index (χ3v) is 6.72. The molecule has 0 saturated carbocycles. The Bertz CT molecular complexity index is 1660. The Morgan fingerprint density at radius 3 is 1.59 bits per heavy atom. The van der Waals surface area contributed by atoms with Crippen molar-refractivity contribution in [2.75, 3.05) is 7.11 Å². The van der Waals surface area contributed by atoms with Crippen LogP contribution < -0.4 is 14.2 Å². The summed E-state index contributed by atoms with van der Waals surface area (Å²) < 4.78 is 17.8. The Balaban J connectivity index is 1.95. The molecule has 4 aromatic rings. The molecule has 4 aromatic carbocycles. The fourth-order valence-corrected chi connectivity index (χ4v) is 4.94. The second-order valence-corrected chi connectivity index (χ2v) is 9.43. The topological polar surface area (TPSA) is 78.9 Å². The van der Waals surface area contributed by atoms with Crippen LogP contribution in [0, 0.1) is 0 Å². The van der Waals surface area contributed by atoms with Gasteiger partial charge in [0.25, 0.3) is 0 Å². The largest absolute Gasteiger partial charge is 0.492 e. The first kappa shape index (κ1) is 25.7. The van der Waals surface area contributed by atoms with E-state index in [0.717, 1.165) is 0 Å². The summed E-state index contributed by atoms with van der Waals surface area (Å²) in [7, 11) is 1.46. The molecular weight excluding hydrogens is 492 g/mol. The number of rotatable bonds is 6. The van der Waals surface area contributed by atoms with Crippen LogP contribution >= 0.6 is 0 Å². The summed E-state index contributed by atoms with van der Waals surface area (Å²) in [5.74, 6) is -1.35. The number of hydrogen-bond acceptors (Lipinski definition) is 6. The van der Waals surface area contributed by atoms with E-state index in [2.05, 4.69) is 13.2 Å². The summed E-state index contributed by atoms with van der Waals surface area (Å²) in [6, 6.07) is 21.7. The van der Waals surface area contributed by atoms with Gasteiger partial charge in [-0.05, 0) is 25.0 Å². The molecule has 194 valence electrons. The number of fused-ring (bicyclic) bond motifs is 3. The average molecular weight is 519 g/mol. The molecule has 0 aromatic heterocycles. The van der Waals surface area contributed by atoms with Crippen LogP contribution in [0.25, 0.3) is 10.8 Å². The molecule has 0 spiro atoms. The van der Waals surface area contributed by atoms with Crippen molar-refractivity contribution >= 4 is 28.5 Å². The normalized spacial score (nSPS) is 12.3. The Morgan fingerprint density at radius 2 is 1.10 bits per heavy atom. The number of hydrogen-bond donors (Lipinski definition) is 0. The van der Waals surface area contributed by atoms with Crippen LogP contribution in [0.5, 0.6) is 17.2 Å². The van der Waals surface area contributed by atoms with E-state index in [9.17, 15) is 14.4 Å². The van der Waals surface area contributed by atoms with E-state index in [0.29, 0.717) is 38.6 Å². The minimum atomic E-state index is -0.629. The maximum Gasteiger partial charge on any atom is 0.338 e. The van der Waals surface area contributed by atoms with Crippen molar-refractivity contribution in [2.24, 2.45) is 0 Å². The first-order valence-corrected chi connectivity index (χ1v) is 12.3. The van der Waals surface area contributed by atoms with Crippen LogP contribution in [0.2, 0.25) is 0 Å². The smallest absolute Gasteiger partial charge is 0.338 e. The summed E-state index contributed by atoms with van der Waals surface area (Å²) in [6.07, 6.45) is 0. The van der Waals surface area contributed by atoms with Gasteiger partial charge >= 0.3 is 11.9 Å². The minimum absolute atomic E-state index is 0.105. The molecule has 5 rings (SSSR count). The van der Waals surface area contributed by atoms with E-state index < -0.39 is 17.9 Å². The molecule has 1 aliphatic rings. The van der Waals surface area contributed by atoms with E-state index in [1.807, 2.05) is 24.3 Å². The molecule has 0 saturated heterocycles. The molecule has 0 bridgehead atoms. The minimum Gasteiger partial charge on any atom is -0.492 e. The predicted octanol–water partition coefficient (Wildman–Crippen LogP) is 6.54. The lowest BCUT2D eigenvalue weighted by Crippen LogP contribution is -2.22. The van der Waals surface area contributed by atoms with Crippen molar-refractivity contribution in [1.82, 2.24) is 0 Å². The molecule has 0 unspecified atom stereocenters. The van der Waals surface area contributed by atoms with Crippen LogP contribution in [0.1, 0.15) is 52.4 Å². The molecule has 6 heteroatoms. The lowest BCUT2D eigenvalue weighted by Gasteiger charge is -2.31. The Labute approximate surface area is 226 Å². The summed E-state index contributed by atoms with van der Waals surface area (Å²) in [6.45, 7) is 10.6. The molecule has 0 N–H and O–H groups in total. The monoisotopic (exact) mass is 518 g/mol. The number of benzene rings is 4. The standard InChI is InChI=1S/C33H26O6/c1-18(2)32(35)38-29-24-16-10-11-17-25(24)30(39-33(36)19(3)4)31(37-5)27(29)26-20-12-6-8-14-22(20)28(34)23-15-9-7-13-21(23)26/h6-17,26H,1,3H2,2,4-5H3.